The molecule has 0 fully saturated rings. The Balaban J connectivity index is 2.44. The molecule has 1 unspecified atom stereocenters. The van der Waals surface area contributed by atoms with Crippen molar-refractivity contribution in [1.29, 1.82) is 0 Å². The van der Waals surface area contributed by atoms with Gasteiger partial charge in [0.25, 0.3) is 5.91 Å². The van der Waals surface area contributed by atoms with Crippen LogP contribution in [-0.4, -0.2) is 45.7 Å². The van der Waals surface area contributed by atoms with Crippen molar-refractivity contribution < 1.29 is 9.90 Å². The molecule has 1 rings (SSSR count). The molecule has 7 heteroatoms. The molecule has 0 aliphatic carbocycles. The highest BCUT2D eigenvalue weighted by Gasteiger charge is 2.13. The van der Waals surface area contributed by atoms with Gasteiger partial charge in [-0.05, 0) is 18.8 Å². The summed E-state index contributed by atoms with van der Waals surface area (Å²) < 4.78 is 1.55. The van der Waals surface area contributed by atoms with Crippen LogP contribution in [0.3, 0.4) is 0 Å². The molecule has 1 heterocycles. The lowest BCUT2D eigenvalue weighted by molar-refractivity contribution is 0.0938. The molecule has 0 bridgehead atoms. The zero-order valence-corrected chi connectivity index (χ0v) is 11.4. The van der Waals surface area contributed by atoms with Crippen molar-refractivity contribution in [2.24, 2.45) is 11.7 Å². The maximum atomic E-state index is 11.9. The second-order valence-electron chi connectivity index (χ2n) is 4.53. The molecule has 0 spiro atoms. The molecule has 7 nitrogen and oxygen atoms in total. The molecule has 1 atom stereocenters. The Morgan fingerprint density at radius 1 is 1.58 bits per heavy atom. The molecule has 0 aliphatic rings. The van der Waals surface area contributed by atoms with Crippen LogP contribution in [-0.2, 0) is 6.54 Å². The third-order valence-corrected chi connectivity index (χ3v) is 2.92. The number of hydrogen-bond donors (Lipinski definition) is 3. The standard InChI is InChI=1S/C12H23N5O2/c1-2-3-10(4-7-18)8-14-12(19)11-9-17(6-5-13)16-15-11/h9-10,18H,2-8,13H2,1H3,(H,14,19). The first-order valence-electron chi connectivity index (χ1n) is 6.70. The van der Waals surface area contributed by atoms with Crippen LogP contribution in [0.2, 0.25) is 0 Å². The molecule has 1 aromatic heterocycles. The fraction of sp³-hybridized carbons (Fsp3) is 0.750. The van der Waals surface area contributed by atoms with Crippen LogP contribution in [0.1, 0.15) is 36.7 Å². The van der Waals surface area contributed by atoms with Crippen LogP contribution in [0, 0.1) is 5.92 Å². The van der Waals surface area contributed by atoms with Crippen molar-refractivity contribution in [3.63, 3.8) is 0 Å². The number of aromatic nitrogens is 3. The predicted molar refractivity (Wildman–Crippen MR) is 71.5 cm³/mol. The van der Waals surface area contributed by atoms with Crippen molar-refractivity contribution in [3.8, 4) is 0 Å². The monoisotopic (exact) mass is 269 g/mol. The van der Waals surface area contributed by atoms with E-state index >= 15 is 0 Å². The van der Waals surface area contributed by atoms with Gasteiger partial charge >= 0.3 is 0 Å². The van der Waals surface area contributed by atoms with Crippen molar-refractivity contribution in [2.45, 2.75) is 32.7 Å². The number of carbonyl (C=O) groups is 1. The molecule has 4 N–H and O–H groups in total. The first kappa shape index (κ1) is 15.6. The van der Waals surface area contributed by atoms with E-state index in [1.54, 1.807) is 10.9 Å². The minimum atomic E-state index is -0.234. The lowest BCUT2D eigenvalue weighted by atomic mass is 10.0. The van der Waals surface area contributed by atoms with Gasteiger partial charge in [0, 0.05) is 19.7 Å². The van der Waals surface area contributed by atoms with Crippen molar-refractivity contribution in [1.82, 2.24) is 20.3 Å². The predicted octanol–water partition coefficient (Wildman–Crippen LogP) is -0.235. The van der Waals surface area contributed by atoms with Gasteiger partial charge in [-0.15, -0.1) is 5.10 Å². The molecule has 1 amide bonds. The summed E-state index contributed by atoms with van der Waals surface area (Å²) in [6.45, 7) is 3.79. The molecule has 0 saturated heterocycles. The van der Waals surface area contributed by atoms with Crippen LogP contribution in [0.25, 0.3) is 0 Å². The summed E-state index contributed by atoms with van der Waals surface area (Å²) in [7, 11) is 0. The van der Waals surface area contributed by atoms with E-state index in [0.29, 0.717) is 37.7 Å². The number of nitrogens with one attached hydrogen (secondary N) is 1. The highest BCUT2D eigenvalue weighted by Crippen LogP contribution is 2.09. The fourth-order valence-corrected chi connectivity index (χ4v) is 1.91. The Morgan fingerprint density at radius 2 is 2.37 bits per heavy atom. The van der Waals surface area contributed by atoms with Crippen LogP contribution in [0.15, 0.2) is 6.20 Å². The molecular weight excluding hydrogens is 246 g/mol. The van der Waals surface area contributed by atoms with Gasteiger partial charge in [0.05, 0.1) is 12.7 Å². The summed E-state index contributed by atoms with van der Waals surface area (Å²) in [4.78, 5) is 11.9. The van der Waals surface area contributed by atoms with Crippen LogP contribution in [0.5, 0.6) is 0 Å². The number of carbonyl (C=O) groups excluding carboxylic acids is 1. The maximum absolute atomic E-state index is 11.9. The minimum Gasteiger partial charge on any atom is -0.396 e. The Morgan fingerprint density at radius 3 is 3.00 bits per heavy atom. The Labute approximate surface area is 113 Å². The number of nitrogens with zero attached hydrogens (tertiary/aromatic N) is 3. The lowest BCUT2D eigenvalue weighted by Crippen LogP contribution is -2.30. The van der Waals surface area contributed by atoms with E-state index in [4.69, 9.17) is 10.8 Å². The molecule has 0 saturated carbocycles. The summed E-state index contributed by atoms with van der Waals surface area (Å²) in [5, 5.41) is 19.4. The van der Waals surface area contributed by atoms with Crippen LogP contribution in [0.4, 0.5) is 0 Å². The zero-order valence-electron chi connectivity index (χ0n) is 11.4. The second kappa shape index (κ2) is 8.60. The fourth-order valence-electron chi connectivity index (χ4n) is 1.91. The zero-order chi connectivity index (χ0) is 14.1. The van der Waals surface area contributed by atoms with Gasteiger partial charge in [0.2, 0.25) is 0 Å². The van der Waals surface area contributed by atoms with Crippen LogP contribution >= 0.6 is 0 Å². The molecule has 0 aromatic carbocycles. The molecule has 1 aromatic rings. The van der Waals surface area contributed by atoms with Crippen molar-refractivity contribution in [2.75, 3.05) is 19.7 Å². The lowest BCUT2D eigenvalue weighted by Gasteiger charge is -2.14. The smallest absolute Gasteiger partial charge is 0.273 e. The van der Waals surface area contributed by atoms with Gasteiger partial charge in [-0.1, -0.05) is 18.6 Å². The van der Waals surface area contributed by atoms with Gasteiger partial charge < -0.3 is 16.2 Å². The summed E-state index contributed by atoms with van der Waals surface area (Å²) >= 11 is 0. The number of hydrogen-bond acceptors (Lipinski definition) is 5. The van der Waals surface area contributed by atoms with E-state index in [1.165, 1.54) is 0 Å². The van der Waals surface area contributed by atoms with Gasteiger partial charge in [-0.3, -0.25) is 9.48 Å². The quantitative estimate of drug-likeness (QED) is 0.574. The Kier molecular flexibility index (Phi) is 7.06. The van der Waals surface area contributed by atoms with Crippen molar-refractivity contribution in [3.05, 3.63) is 11.9 Å². The normalized spacial score (nSPS) is 12.4. The average molecular weight is 269 g/mol. The van der Waals surface area contributed by atoms with Gasteiger partial charge in [-0.25, -0.2) is 0 Å². The number of aliphatic hydroxyl groups is 1. The molecule has 108 valence electrons. The maximum Gasteiger partial charge on any atom is 0.273 e. The highest BCUT2D eigenvalue weighted by molar-refractivity contribution is 5.91. The third kappa shape index (κ3) is 5.35. The summed E-state index contributed by atoms with van der Waals surface area (Å²) in [5.41, 5.74) is 5.70. The first-order chi connectivity index (χ1) is 9.21. The summed E-state index contributed by atoms with van der Waals surface area (Å²) in [5.74, 6) is 0.0698. The van der Waals surface area contributed by atoms with Crippen LogP contribution < -0.4 is 11.1 Å². The second-order valence-corrected chi connectivity index (χ2v) is 4.53. The van der Waals surface area contributed by atoms with Gasteiger partial charge in [0.1, 0.15) is 0 Å². The van der Waals surface area contributed by atoms with Crippen molar-refractivity contribution >= 4 is 5.91 Å². The number of aliphatic hydroxyl groups excluding tert-OH is 1. The first-order valence-corrected chi connectivity index (χ1v) is 6.70. The summed E-state index contributed by atoms with van der Waals surface area (Å²) in [6, 6.07) is 0. The Hall–Kier alpha value is -1.47. The molecular formula is C12H23N5O2. The van der Waals surface area contributed by atoms with E-state index in [9.17, 15) is 4.79 Å². The highest BCUT2D eigenvalue weighted by atomic mass is 16.3. The molecule has 0 radical (unpaired) electrons. The summed E-state index contributed by atoms with van der Waals surface area (Å²) in [6.07, 6.45) is 4.31. The van der Waals surface area contributed by atoms with E-state index in [1.807, 2.05) is 0 Å². The molecule has 0 aliphatic heterocycles. The van der Waals surface area contributed by atoms with E-state index in [0.717, 1.165) is 12.8 Å². The largest absolute Gasteiger partial charge is 0.396 e. The van der Waals surface area contributed by atoms with E-state index in [2.05, 4.69) is 22.6 Å². The number of nitrogens with two attached hydrogens (primary N) is 1. The van der Waals surface area contributed by atoms with E-state index in [-0.39, 0.29) is 12.5 Å². The minimum absolute atomic E-state index is 0.146. The van der Waals surface area contributed by atoms with Gasteiger partial charge in [-0.2, -0.15) is 0 Å². The topological polar surface area (TPSA) is 106 Å². The van der Waals surface area contributed by atoms with Gasteiger partial charge in [0.15, 0.2) is 5.69 Å². The number of amides is 1. The Bertz CT molecular complexity index is 374. The third-order valence-electron chi connectivity index (χ3n) is 2.92. The average Bonchev–Trinajstić information content (AvgIpc) is 2.85. The molecule has 19 heavy (non-hydrogen) atoms. The number of rotatable bonds is 9. The SMILES string of the molecule is CCCC(CCO)CNC(=O)c1cn(CCN)nn1. The van der Waals surface area contributed by atoms with E-state index < -0.39 is 0 Å².